The monoisotopic (exact) mass is 566 g/mol. The van der Waals surface area contributed by atoms with Crippen LogP contribution in [0.4, 0.5) is 5.69 Å². The van der Waals surface area contributed by atoms with Crippen molar-refractivity contribution in [2.45, 2.75) is 116 Å². The van der Waals surface area contributed by atoms with Crippen molar-refractivity contribution in [3.8, 4) is 11.5 Å². The second kappa shape index (κ2) is 12.1. The molecule has 1 saturated heterocycles. The van der Waals surface area contributed by atoms with Gasteiger partial charge in [-0.05, 0) is 47.6 Å². The van der Waals surface area contributed by atoms with Crippen LogP contribution in [-0.2, 0) is 4.43 Å². The van der Waals surface area contributed by atoms with Crippen molar-refractivity contribution in [2.75, 3.05) is 20.3 Å². The van der Waals surface area contributed by atoms with Crippen LogP contribution in [0.3, 0.4) is 0 Å². The molecule has 0 radical (unpaired) electrons. The van der Waals surface area contributed by atoms with Crippen molar-refractivity contribution in [3.05, 3.63) is 27.8 Å². The van der Waals surface area contributed by atoms with Gasteiger partial charge in [-0.2, -0.15) is 0 Å². The SMILES string of the molecule is COc1cc(C(=O)N2CCC[C@H]2CO[Si](C)(C)C(C)(C)C)c([N+](=O)[O-])cc1O[Si](C(C)C)(C(C)C)C(C)C. The number of benzene rings is 1. The Bertz CT molecular complexity index is 982. The van der Waals surface area contributed by atoms with Gasteiger partial charge in [0.25, 0.3) is 19.9 Å². The number of ether oxygens (including phenoxy) is 1. The minimum absolute atomic E-state index is 0.0318. The first kappa shape index (κ1) is 32.3. The van der Waals surface area contributed by atoms with Crippen molar-refractivity contribution >= 4 is 28.2 Å². The third kappa shape index (κ3) is 6.44. The van der Waals surface area contributed by atoms with E-state index in [0.717, 1.165) is 12.8 Å². The van der Waals surface area contributed by atoms with Gasteiger partial charge in [-0.1, -0.05) is 62.3 Å². The average molecular weight is 567 g/mol. The predicted octanol–water partition coefficient (Wildman–Crippen LogP) is 7.78. The maximum absolute atomic E-state index is 13.8. The Morgan fingerprint density at radius 2 is 1.63 bits per heavy atom. The van der Waals surface area contributed by atoms with Gasteiger partial charge in [-0.3, -0.25) is 14.9 Å². The molecule has 38 heavy (non-hydrogen) atoms. The molecule has 0 bridgehead atoms. The minimum Gasteiger partial charge on any atom is -0.540 e. The topological polar surface area (TPSA) is 91.1 Å². The van der Waals surface area contributed by atoms with Gasteiger partial charge in [-0.25, -0.2) is 0 Å². The molecule has 0 aliphatic carbocycles. The van der Waals surface area contributed by atoms with Crippen molar-refractivity contribution in [1.29, 1.82) is 0 Å². The molecule has 1 aromatic rings. The highest BCUT2D eigenvalue weighted by atomic mass is 28.4. The maximum atomic E-state index is 13.8. The molecule has 1 heterocycles. The summed E-state index contributed by atoms with van der Waals surface area (Å²) in [6, 6.07) is 2.79. The fraction of sp³-hybridized carbons (Fsp3) is 0.750. The van der Waals surface area contributed by atoms with E-state index in [1.165, 1.54) is 19.2 Å². The van der Waals surface area contributed by atoms with Gasteiger partial charge < -0.3 is 18.5 Å². The number of rotatable bonds is 11. The fourth-order valence-corrected chi connectivity index (χ4v) is 11.9. The molecule has 1 aliphatic heterocycles. The highest BCUT2D eigenvalue weighted by molar-refractivity contribution is 6.78. The van der Waals surface area contributed by atoms with Crippen LogP contribution in [-0.4, -0.2) is 58.7 Å². The van der Waals surface area contributed by atoms with Crippen molar-refractivity contribution in [1.82, 2.24) is 4.90 Å². The molecule has 1 fully saturated rings. The number of amides is 1. The summed E-state index contributed by atoms with van der Waals surface area (Å²) < 4.78 is 18.8. The van der Waals surface area contributed by atoms with Gasteiger partial charge in [0.05, 0.1) is 30.7 Å². The van der Waals surface area contributed by atoms with Crippen LogP contribution in [0, 0.1) is 10.1 Å². The van der Waals surface area contributed by atoms with Gasteiger partial charge >= 0.3 is 0 Å². The third-order valence-electron chi connectivity index (χ3n) is 8.78. The third-order valence-corrected chi connectivity index (χ3v) is 19.3. The van der Waals surface area contributed by atoms with E-state index in [4.69, 9.17) is 13.6 Å². The van der Waals surface area contributed by atoms with Crippen LogP contribution in [0.2, 0.25) is 34.8 Å². The Kier molecular flexibility index (Phi) is 10.3. The second-order valence-electron chi connectivity index (χ2n) is 13.1. The predicted molar refractivity (Wildman–Crippen MR) is 159 cm³/mol. The van der Waals surface area contributed by atoms with Crippen LogP contribution < -0.4 is 9.16 Å². The lowest BCUT2D eigenvalue weighted by Gasteiger charge is -2.42. The number of carbonyl (C=O) groups excluding carboxylic acids is 1. The summed E-state index contributed by atoms with van der Waals surface area (Å²) in [6.07, 6.45) is 1.66. The molecule has 1 aliphatic rings. The molecule has 0 aromatic heterocycles. The number of nitro groups is 1. The lowest BCUT2D eigenvalue weighted by Crippen LogP contribution is -2.50. The first-order chi connectivity index (χ1) is 17.4. The molecule has 216 valence electrons. The number of hydrogen-bond acceptors (Lipinski definition) is 6. The molecule has 8 nitrogen and oxygen atoms in total. The normalized spacial score (nSPS) is 17.0. The zero-order valence-corrected chi connectivity index (χ0v) is 27.6. The van der Waals surface area contributed by atoms with E-state index in [9.17, 15) is 14.9 Å². The summed E-state index contributed by atoms with van der Waals surface area (Å²) >= 11 is 0. The summed E-state index contributed by atoms with van der Waals surface area (Å²) in [4.78, 5) is 27.3. The first-order valence-corrected chi connectivity index (χ1v) is 19.0. The quantitative estimate of drug-likeness (QED) is 0.154. The maximum Gasteiger partial charge on any atom is 0.286 e. The molecule has 0 saturated carbocycles. The smallest absolute Gasteiger partial charge is 0.286 e. The number of nitrogens with zero attached hydrogens (tertiary/aromatic N) is 2. The Balaban J connectivity index is 2.48. The molecule has 0 spiro atoms. The highest BCUT2D eigenvalue weighted by Gasteiger charge is 2.48. The summed E-state index contributed by atoms with van der Waals surface area (Å²) in [5.74, 6) is 0.340. The summed E-state index contributed by atoms with van der Waals surface area (Å²) in [5.41, 5.74) is 0.613. The first-order valence-electron chi connectivity index (χ1n) is 13.9. The molecular formula is C28H50N2O6Si2. The van der Waals surface area contributed by atoms with Crippen molar-refractivity contribution < 1.29 is 23.3 Å². The number of hydrogen-bond donors (Lipinski definition) is 0. The van der Waals surface area contributed by atoms with E-state index >= 15 is 0 Å². The lowest BCUT2D eigenvalue weighted by atomic mass is 10.1. The van der Waals surface area contributed by atoms with Gasteiger partial charge in [-0.15, -0.1) is 0 Å². The minimum atomic E-state index is -2.41. The lowest BCUT2D eigenvalue weighted by molar-refractivity contribution is -0.385. The second-order valence-corrected chi connectivity index (χ2v) is 23.2. The van der Waals surface area contributed by atoms with E-state index < -0.39 is 21.6 Å². The van der Waals surface area contributed by atoms with Crippen LogP contribution in [0.5, 0.6) is 11.5 Å². The molecule has 0 unspecified atom stereocenters. The van der Waals surface area contributed by atoms with E-state index in [1.807, 2.05) is 0 Å². The summed E-state index contributed by atoms with van der Waals surface area (Å²) in [5, 5.41) is 12.3. The molecule has 0 N–H and O–H groups in total. The molecule has 2 rings (SSSR count). The Morgan fingerprint density at radius 1 is 1.08 bits per heavy atom. The van der Waals surface area contributed by atoms with E-state index in [0.29, 0.717) is 24.7 Å². The van der Waals surface area contributed by atoms with Crippen LogP contribution in [0.1, 0.15) is 85.5 Å². The van der Waals surface area contributed by atoms with Gasteiger partial charge in [0.2, 0.25) is 0 Å². The number of methoxy groups -OCH3 is 1. The zero-order valence-electron chi connectivity index (χ0n) is 25.6. The summed E-state index contributed by atoms with van der Waals surface area (Å²) in [7, 11) is -2.90. The molecule has 1 amide bonds. The highest BCUT2D eigenvalue weighted by Crippen LogP contribution is 2.46. The van der Waals surface area contributed by atoms with E-state index in [1.54, 1.807) is 4.90 Å². The Hall–Kier alpha value is -1.92. The largest absolute Gasteiger partial charge is 0.540 e. The number of nitro benzene ring substituents is 1. The molecular weight excluding hydrogens is 516 g/mol. The van der Waals surface area contributed by atoms with E-state index in [2.05, 4.69) is 75.4 Å². The van der Waals surface area contributed by atoms with Crippen molar-refractivity contribution in [3.63, 3.8) is 0 Å². The summed E-state index contributed by atoms with van der Waals surface area (Å²) in [6.45, 7) is 24.9. The van der Waals surface area contributed by atoms with Crippen LogP contribution in [0.25, 0.3) is 0 Å². The fourth-order valence-electron chi connectivity index (χ4n) is 5.61. The average Bonchev–Trinajstić information content (AvgIpc) is 3.27. The Morgan fingerprint density at radius 3 is 2.08 bits per heavy atom. The Labute approximate surface area is 231 Å². The van der Waals surface area contributed by atoms with Crippen LogP contribution in [0.15, 0.2) is 12.1 Å². The number of likely N-dealkylation sites (tertiary alicyclic amines) is 1. The molecule has 1 atom stereocenters. The molecule has 10 heteroatoms. The number of carbonyl (C=O) groups is 1. The van der Waals surface area contributed by atoms with Crippen LogP contribution >= 0.6 is 0 Å². The van der Waals surface area contributed by atoms with Gasteiger partial charge in [0.15, 0.2) is 19.8 Å². The van der Waals surface area contributed by atoms with Crippen molar-refractivity contribution in [2.24, 2.45) is 0 Å². The van der Waals surface area contributed by atoms with Gasteiger partial charge in [0, 0.05) is 12.6 Å². The van der Waals surface area contributed by atoms with E-state index in [-0.39, 0.29) is 44.9 Å². The standard InChI is InChI=1S/C28H50N2O6Si2/c1-19(2)38(20(3)4,21(5)6)36-26-17-24(30(32)33)23(16-25(26)34-10)27(31)29-15-13-14-22(29)18-35-37(11,12)28(7,8)9/h16-17,19-22H,13-15,18H2,1-12H3/t22-/m0/s1. The van der Waals surface area contributed by atoms with Gasteiger partial charge in [0.1, 0.15) is 5.56 Å². The molecule has 1 aromatic carbocycles. The zero-order chi connectivity index (χ0) is 29.2.